The van der Waals surface area contributed by atoms with E-state index in [2.05, 4.69) is 9.97 Å². The highest BCUT2D eigenvalue weighted by atomic mass is 32.2. The highest BCUT2D eigenvalue weighted by Crippen LogP contribution is 2.28. The molecule has 2 rings (SSSR count). The van der Waals surface area contributed by atoms with E-state index in [1.165, 1.54) is 11.8 Å². The highest BCUT2D eigenvalue weighted by molar-refractivity contribution is 7.99. The molecular weight excluding hydrogens is 232 g/mol. The van der Waals surface area contributed by atoms with Crippen molar-refractivity contribution in [3.8, 4) is 12.1 Å². The van der Waals surface area contributed by atoms with Crippen molar-refractivity contribution in [3.05, 3.63) is 48.0 Å². The van der Waals surface area contributed by atoms with Crippen LogP contribution in [0.2, 0.25) is 0 Å². The lowest BCUT2D eigenvalue weighted by Gasteiger charge is -2.02. The van der Waals surface area contributed by atoms with E-state index in [9.17, 15) is 0 Å². The molecule has 5 heteroatoms. The van der Waals surface area contributed by atoms with Crippen molar-refractivity contribution in [3.63, 3.8) is 0 Å². The van der Waals surface area contributed by atoms with E-state index in [1.54, 1.807) is 24.5 Å². The summed E-state index contributed by atoms with van der Waals surface area (Å²) in [7, 11) is 0. The minimum atomic E-state index is 0.251. The average Bonchev–Trinajstić information content (AvgIpc) is 2.40. The van der Waals surface area contributed by atoms with Crippen molar-refractivity contribution in [1.29, 1.82) is 10.5 Å². The van der Waals surface area contributed by atoms with Crippen molar-refractivity contribution in [2.45, 2.75) is 9.79 Å². The maximum absolute atomic E-state index is 8.97. The standard InChI is InChI=1S/C12H6N4S/c13-7-9-1-2-12(11(8-14)16-9)17-10-3-5-15-6-4-10/h1-6H. The maximum atomic E-state index is 8.97. The molecule has 0 aliphatic rings. The van der Waals surface area contributed by atoms with Crippen LogP contribution in [0.4, 0.5) is 0 Å². The molecule has 80 valence electrons. The Kier molecular flexibility index (Phi) is 3.34. The zero-order chi connectivity index (χ0) is 12.1. The predicted molar refractivity (Wildman–Crippen MR) is 62.0 cm³/mol. The quantitative estimate of drug-likeness (QED) is 0.803. The van der Waals surface area contributed by atoms with Gasteiger partial charge in [0.15, 0.2) is 5.69 Å². The Labute approximate surface area is 103 Å². The second kappa shape index (κ2) is 5.11. The minimum Gasteiger partial charge on any atom is -0.265 e. The maximum Gasteiger partial charge on any atom is 0.155 e. The van der Waals surface area contributed by atoms with Gasteiger partial charge in [-0.2, -0.15) is 10.5 Å². The average molecular weight is 238 g/mol. The summed E-state index contributed by atoms with van der Waals surface area (Å²) in [6.07, 6.45) is 3.37. The molecule has 0 bridgehead atoms. The van der Waals surface area contributed by atoms with Gasteiger partial charge >= 0.3 is 0 Å². The number of hydrogen-bond donors (Lipinski definition) is 0. The lowest BCUT2D eigenvalue weighted by Crippen LogP contribution is -1.90. The van der Waals surface area contributed by atoms with Crippen molar-refractivity contribution in [2.24, 2.45) is 0 Å². The monoisotopic (exact) mass is 238 g/mol. The molecule has 0 fully saturated rings. The zero-order valence-electron chi connectivity index (χ0n) is 8.66. The van der Waals surface area contributed by atoms with Gasteiger partial charge in [-0.3, -0.25) is 4.98 Å². The number of rotatable bonds is 2. The molecule has 0 saturated carbocycles. The fourth-order valence-corrected chi connectivity index (χ4v) is 2.04. The molecule has 0 aliphatic heterocycles. The van der Waals surface area contributed by atoms with E-state index < -0.39 is 0 Å². The molecule has 0 saturated heterocycles. The Morgan fingerprint density at radius 1 is 1.00 bits per heavy atom. The van der Waals surface area contributed by atoms with Crippen LogP contribution in [0, 0.1) is 22.7 Å². The third-order valence-electron chi connectivity index (χ3n) is 1.96. The van der Waals surface area contributed by atoms with Crippen LogP contribution >= 0.6 is 11.8 Å². The summed E-state index contributed by atoms with van der Waals surface area (Å²) in [6.45, 7) is 0. The van der Waals surface area contributed by atoms with Crippen LogP contribution in [-0.4, -0.2) is 9.97 Å². The van der Waals surface area contributed by atoms with Gasteiger partial charge in [-0.1, -0.05) is 11.8 Å². The fraction of sp³-hybridized carbons (Fsp3) is 0. The van der Waals surface area contributed by atoms with Crippen LogP contribution in [0.3, 0.4) is 0 Å². The first-order chi connectivity index (χ1) is 8.33. The first-order valence-electron chi connectivity index (χ1n) is 4.72. The topological polar surface area (TPSA) is 73.4 Å². The van der Waals surface area contributed by atoms with E-state index in [0.29, 0.717) is 0 Å². The van der Waals surface area contributed by atoms with Gasteiger partial charge in [0.05, 0.1) is 0 Å². The summed E-state index contributed by atoms with van der Waals surface area (Å²) < 4.78 is 0. The van der Waals surface area contributed by atoms with Crippen LogP contribution in [0.5, 0.6) is 0 Å². The molecule has 0 radical (unpaired) electrons. The molecule has 2 heterocycles. The molecule has 2 aromatic heterocycles. The van der Waals surface area contributed by atoms with Gasteiger partial charge < -0.3 is 0 Å². The summed E-state index contributed by atoms with van der Waals surface area (Å²) in [5.74, 6) is 0. The smallest absolute Gasteiger partial charge is 0.155 e. The lowest BCUT2D eigenvalue weighted by molar-refractivity contribution is 1.14. The highest BCUT2D eigenvalue weighted by Gasteiger charge is 2.06. The van der Waals surface area contributed by atoms with E-state index in [-0.39, 0.29) is 11.4 Å². The minimum absolute atomic E-state index is 0.251. The van der Waals surface area contributed by atoms with Gasteiger partial charge in [-0.25, -0.2) is 4.98 Å². The van der Waals surface area contributed by atoms with Gasteiger partial charge in [0.1, 0.15) is 17.8 Å². The second-order valence-corrected chi connectivity index (χ2v) is 4.17. The predicted octanol–water partition coefficient (Wildman–Crippen LogP) is 2.37. The summed E-state index contributed by atoms with van der Waals surface area (Å²) >= 11 is 1.42. The second-order valence-electron chi connectivity index (χ2n) is 3.05. The Bertz CT molecular complexity index is 611. The van der Waals surface area contributed by atoms with Gasteiger partial charge in [0.25, 0.3) is 0 Å². The third kappa shape index (κ3) is 2.60. The van der Waals surface area contributed by atoms with E-state index in [4.69, 9.17) is 10.5 Å². The number of nitriles is 2. The number of hydrogen-bond acceptors (Lipinski definition) is 5. The van der Waals surface area contributed by atoms with Crippen molar-refractivity contribution in [1.82, 2.24) is 9.97 Å². The summed E-state index contributed by atoms with van der Waals surface area (Å²) in [6, 6.07) is 10.9. The van der Waals surface area contributed by atoms with Gasteiger partial charge in [-0.05, 0) is 24.3 Å². The van der Waals surface area contributed by atoms with Crippen molar-refractivity contribution >= 4 is 11.8 Å². The normalized spacial score (nSPS) is 9.29. The summed E-state index contributed by atoms with van der Waals surface area (Å²) in [5.41, 5.74) is 0.520. The van der Waals surface area contributed by atoms with Gasteiger partial charge in [-0.15, -0.1) is 0 Å². The number of aromatic nitrogens is 2. The summed E-state index contributed by atoms with van der Waals surface area (Å²) in [4.78, 5) is 9.58. The van der Waals surface area contributed by atoms with Crippen LogP contribution in [0.1, 0.15) is 11.4 Å². The fourth-order valence-electron chi connectivity index (χ4n) is 1.20. The largest absolute Gasteiger partial charge is 0.265 e. The molecule has 0 N–H and O–H groups in total. The molecule has 0 aromatic carbocycles. The van der Waals surface area contributed by atoms with Gasteiger partial charge in [0, 0.05) is 22.2 Å². The van der Waals surface area contributed by atoms with Crippen LogP contribution in [0.25, 0.3) is 0 Å². The Hall–Kier alpha value is -2.37. The SMILES string of the molecule is N#Cc1ccc(Sc2ccncc2)c(C#N)n1. The molecule has 17 heavy (non-hydrogen) atoms. The molecular formula is C12H6N4S. The number of pyridine rings is 2. The summed E-state index contributed by atoms with van der Waals surface area (Å²) in [5, 5.41) is 17.7. The Morgan fingerprint density at radius 2 is 1.76 bits per heavy atom. The molecule has 2 aromatic rings. The number of nitrogens with zero attached hydrogens (tertiary/aromatic N) is 4. The Morgan fingerprint density at radius 3 is 2.41 bits per heavy atom. The molecule has 0 atom stereocenters. The molecule has 4 nitrogen and oxygen atoms in total. The molecule has 0 aliphatic carbocycles. The van der Waals surface area contributed by atoms with Crippen LogP contribution in [0.15, 0.2) is 46.5 Å². The zero-order valence-corrected chi connectivity index (χ0v) is 9.48. The first kappa shape index (κ1) is 11.1. The van der Waals surface area contributed by atoms with Crippen molar-refractivity contribution < 1.29 is 0 Å². The Balaban J connectivity index is 2.35. The lowest BCUT2D eigenvalue weighted by atomic mass is 10.3. The van der Waals surface area contributed by atoms with Crippen LogP contribution in [-0.2, 0) is 0 Å². The van der Waals surface area contributed by atoms with E-state index >= 15 is 0 Å². The molecule has 0 unspecified atom stereocenters. The van der Waals surface area contributed by atoms with Crippen molar-refractivity contribution in [2.75, 3.05) is 0 Å². The van der Waals surface area contributed by atoms with Crippen LogP contribution < -0.4 is 0 Å². The third-order valence-corrected chi connectivity index (χ3v) is 3.01. The molecule has 0 spiro atoms. The van der Waals surface area contributed by atoms with E-state index in [0.717, 1.165) is 9.79 Å². The molecule has 0 amide bonds. The van der Waals surface area contributed by atoms with E-state index in [1.807, 2.05) is 24.3 Å². The first-order valence-corrected chi connectivity index (χ1v) is 5.54. The van der Waals surface area contributed by atoms with Gasteiger partial charge in [0.2, 0.25) is 0 Å².